The highest BCUT2D eigenvalue weighted by atomic mass is 16.6. The van der Waals surface area contributed by atoms with Gasteiger partial charge >= 0.3 is 0 Å². The Hall–Kier alpha value is -3.22. The number of anilines is 1. The molecule has 0 unspecified atom stereocenters. The molecule has 0 aliphatic rings. The predicted molar refractivity (Wildman–Crippen MR) is 113 cm³/mol. The van der Waals surface area contributed by atoms with Gasteiger partial charge in [0.25, 0.3) is 5.91 Å². The van der Waals surface area contributed by atoms with E-state index in [0.29, 0.717) is 28.7 Å². The van der Waals surface area contributed by atoms with Crippen molar-refractivity contribution in [2.45, 2.75) is 26.2 Å². The van der Waals surface area contributed by atoms with Crippen molar-refractivity contribution >= 4 is 17.8 Å². The Kier molecular flexibility index (Phi) is 8.33. The molecule has 1 N–H and O–H groups in total. The quantitative estimate of drug-likeness (QED) is 0.477. The monoisotopic (exact) mass is 400 g/mol. The largest absolute Gasteiger partial charge is 0.493 e. The molecule has 1 amide bonds. The van der Waals surface area contributed by atoms with E-state index in [1.54, 1.807) is 12.1 Å². The smallest absolute Gasteiger partial charge is 0.265 e. The third-order valence-electron chi connectivity index (χ3n) is 4.53. The van der Waals surface area contributed by atoms with Crippen LogP contribution in [0.2, 0.25) is 0 Å². The van der Waals surface area contributed by atoms with Crippen LogP contribution in [-0.4, -0.2) is 40.1 Å². The van der Waals surface area contributed by atoms with Crippen LogP contribution in [0.1, 0.15) is 37.3 Å². The van der Waals surface area contributed by atoms with E-state index in [0.717, 1.165) is 12.1 Å². The Morgan fingerprint density at radius 3 is 2.21 bits per heavy atom. The van der Waals surface area contributed by atoms with Crippen molar-refractivity contribution in [3.63, 3.8) is 0 Å². The van der Waals surface area contributed by atoms with E-state index in [9.17, 15) is 4.79 Å². The number of methoxy groups -OCH3 is 3. The molecule has 7 nitrogen and oxygen atoms in total. The van der Waals surface area contributed by atoms with Gasteiger partial charge in [0.2, 0.25) is 5.75 Å². The van der Waals surface area contributed by atoms with E-state index >= 15 is 0 Å². The number of oxime groups is 1. The van der Waals surface area contributed by atoms with Crippen LogP contribution >= 0.6 is 0 Å². The first-order chi connectivity index (χ1) is 14.0. The fourth-order valence-electron chi connectivity index (χ4n) is 2.70. The SMILES string of the molecule is CC[C@H](C)c1ccc(NC(=O)CO/N=C\c2cc(OC)c(OC)c(OC)c2)cc1. The normalized spacial score (nSPS) is 11.8. The molecule has 0 heterocycles. The lowest BCUT2D eigenvalue weighted by Gasteiger charge is -2.12. The molecular formula is C22H28N2O5. The highest BCUT2D eigenvalue weighted by molar-refractivity contribution is 5.91. The Balaban J connectivity index is 1.90. The van der Waals surface area contributed by atoms with Crippen LogP contribution in [0.4, 0.5) is 5.69 Å². The van der Waals surface area contributed by atoms with Gasteiger partial charge in [-0.3, -0.25) is 4.79 Å². The van der Waals surface area contributed by atoms with Gasteiger partial charge in [0, 0.05) is 11.3 Å². The van der Waals surface area contributed by atoms with Gasteiger partial charge in [0.1, 0.15) is 0 Å². The maximum atomic E-state index is 12.0. The van der Waals surface area contributed by atoms with Crippen LogP contribution in [0, 0.1) is 0 Å². The number of rotatable bonds is 10. The maximum absolute atomic E-state index is 12.0. The predicted octanol–water partition coefficient (Wildman–Crippen LogP) is 4.22. The molecule has 0 bridgehead atoms. The van der Waals surface area contributed by atoms with Crippen LogP contribution in [-0.2, 0) is 9.63 Å². The zero-order valence-corrected chi connectivity index (χ0v) is 17.5. The summed E-state index contributed by atoms with van der Waals surface area (Å²) < 4.78 is 15.9. The number of benzene rings is 2. The fourth-order valence-corrected chi connectivity index (χ4v) is 2.70. The van der Waals surface area contributed by atoms with Gasteiger partial charge in [-0.1, -0.05) is 31.1 Å². The number of hydrogen-bond acceptors (Lipinski definition) is 6. The van der Waals surface area contributed by atoms with Gasteiger partial charge in [-0.15, -0.1) is 0 Å². The average Bonchev–Trinajstić information content (AvgIpc) is 2.75. The molecule has 2 rings (SSSR count). The number of amides is 1. The third-order valence-corrected chi connectivity index (χ3v) is 4.53. The molecule has 0 fully saturated rings. The number of ether oxygens (including phenoxy) is 3. The molecule has 2 aromatic rings. The minimum absolute atomic E-state index is 0.200. The molecule has 29 heavy (non-hydrogen) atoms. The van der Waals surface area contributed by atoms with Gasteiger partial charge in [-0.05, 0) is 42.2 Å². The summed E-state index contributed by atoms with van der Waals surface area (Å²) in [5.74, 6) is 1.71. The molecule has 1 atom stereocenters. The van der Waals surface area contributed by atoms with Crippen molar-refractivity contribution < 1.29 is 23.8 Å². The lowest BCUT2D eigenvalue weighted by atomic mass is 9.99. The first-order valence-electron chi connectivity index (χ1n) is 9.37. The summed E-state index contributed by atoms with van der Waals surface area (Å²) in [6, 6.07) is 11.3. The van der Waals surface area contributed by atoms with Crippen molar-refractivity contribution in [3.8, 4) is 17.2 Å². The van der Waals surface area contributed by atoms with Gasteiger partial charge < -0.3 is 24.4 Å². The number of carbonyl (C=O) groups is 1. The number of nitrogens with one attached hydrogen (secondary N) is 1. The molecule has 0 radical (unpaired) electrons. The second-order valence-electron chi connectivity index (χ2n) is 6.45. The summed E-state index contributed by atoms with van der Waals surface area (Å²) in [6.07, 6.45) is 2.54. The van der Waals surface area contributed by atoms with Crippen LogP contribution in [0.3, 0.4) is 0 Å². The molecule has 0 saturated carbocycles. The molecule has 0 aliphatic heterocycles. The van der Waals surface area contributed by atoms with E-state index < -0.39 is 0 Å². The highest BCUT2D eigenvalue weighted by Crippen LogP contribution is 2.37. The standard InChI is InChI=1S/C22H28N2O5/c1-6-15(2)17-7-9-18(10-8-17)24-21(25)14-29-23-13-16-11-19(26-3)22(28-5)20(12-16)27-4/h7-13,15H,6,14H2,1-5H3,(H,24,25)/b23-13-/t15-/m0/s1. The molecule has 2 aromatic carbocycles. The third kappa shape index (κ3) is 6.14. The van der Waals surface area contributed by atoms with Crippen molar-refractivity contribution in [1.82, 2.24) is 0 Å². The van der Waals surface area contributed by atoms with E-state index in [1.165, 1.54) is 33.1 Å². The average molecular weight is 400 g/mol. The highest BCUT2D eigenvalue weighted by Gasteiger charge is 2.12. The van der Waals surface area contributed by atoms with E-state index in [-0.39, 0.29) is 12.5 Å². The molecule has 0 aromatic heterocycles. The summed E-state index contributed by atoms with van der Waals surface area (Å²) in [6.45, 7) is 4.12. The van der Waals surface area contributed by atoms with Crippen molar-refractivity contribution in [2.75, 3.05) is 33.3 Å². The summed E-state index contributed by atoms with van der Waals surface area (Å²) in [5.41, 5.74) is 2.65. The zero-order chi connectivity index (χ0) is 21.2. The van der Waals surface area contributed by atoms with Gasteiger partial charge in [0.15, 0.2) is 18.1 Å². The van der Waals surface area contributed by atoms with E-state index in [2.05, 4.69) is 24.3 Å². The number of carbonyl (C=O) groups excluding carboxylic acids is 1. The topological polar surface area (TPSA) is 78.4 Å². The Morgan fingerprint density at radius 2 is 1.69 bits per heavy atom. The van der Waals surface area contributed by atoms with Gasteiger partial charge in [-0.25, -0.2) is 0 Å². The first-order valence-corrected chi connectivity index (χ1v) is 9.37. The first kappa shape index (κ1) is 22.1. The van der Waals surface area contributed by atoms with Crippen molar-refractivity contribution in [3.05, 3.63) is 47.5 Å². The fraction of sp³-hybridized carbons (Fsp3) is 0.364. The van der Waals surface area contributed by atoms with E-state index in [4.69, 9.17) is 19.0 Å². The summed E-state index contributed by atoms with van der Waals surface area (Å²) >= 11 is 0. The zero-order valence-electron chi connectivity index (χ0n) is 17.5. The van der Waals surface area contributed by atoms with Crippen molar-refractivity contribution in [2.24, 2.45) is 5.16 Å². The van der Waals surface area contributed by atoms with Crippen LogP contribution < -0.4 is 19.5 Å². The summed E-state index contributed by atoms with van der Waals surface area (Å²) in [4.78, 5) is 17.1. The molecular weight excluding hydrogens is 372 g/mol. The number of hydrogen-bond donors (Lipinski definition) is 1. The lowest BCUT2D eigenvalue weighted by Crippen LogP contribution is -2.17. The van der Waals surface area contributed by atoms with Crippen LogP contribution in [0.15, 0.2) is 41.6 Å². The molecule has 156 valence electrons. The van der Waals surface area contributed by atoms with Crippen molar-refractivity contribution in [1.29, 1.82) is 0 Å². The summed E-state index contributed by atoms with van der Waals surface area (Å²) in [7, 11) is 4.61. The van der Waals surface area contributed by atoms with Crippen LogP contribution in [0.25, 0.3) is 0 Å². The summed E-state index contributed by atoms with van der Waals surface area (Å²) in [5, 5.41) is 6.62. The minimum atomic E-state index is -0.289. The number of nitrogens with zero attached hydrogens (tertiary/aromatic N) is 1. The van der Waals surface area contributed by atoms with Gasteiger partial charge in [-0.2, -0.15) is 0 Å². The Labute approximate surface area is 171 Å². The lowest BCUT2D eigenvalue weighted by molar-refractivity contribution is -0.120. The second kappa shape index (κ2) is 10.9. The molecule has 0 saturated heterocycles. The Bertz CT molecular complexity index is 809. The molecule has 0 spiro atoms. The Morgan fingerprint density at radius 1 is 1.07 bits per heavy atom. The molecule has 0 aliphatic carbocycles. The van der Waals surface area contributed by atoms with Gasteiger partial charge in [0.05, 0.1) is 27.5 Å². The van der Waals surface area contributed by atoms with E-state index in [1.807, 2.05) is 24.3 Å². The maximum Gasteiger partial charge on any atom is 0.265 e. The minimum Gasteiger partial charge on any atom is -0.493 e. The molecule has 7 heteroatoms. The van der Waals surface area contributed by atoms with Crippen LogP contribution in [0.5, 0.6) is 17.2 Å². The second-order valence-corrected chi connectivity index (χ2v) is 6.45.